The zero-order chi connectivity index (χ0) is 14.6. The van der Waals surface area contributed by atoms with Gasteiger partial charge < -0.3 is 5.32 Å². The molecule has 0 aliphatic carbocycles. The summed E-state index contributed by atoms with van der Waals surface area (Å²) in [6.45, 7) is 5.16. The lowest BCUT2D eigenvalue weighted by Crippen LogP contribution is -2.43. The van der Waals surface area contributed by atoms with Crippen LogP contribution in [0.15, 0.2) is 12.4 Å². The molecule has 1 aromatic rings. The summed E-state index contributed by atoms with van der Waals surface area (Å²) in [7, 11) is -1.70. The summed E-state index contributed by atoms with van der Waals surface area (Å²) < 4.78 is 30.1. The second-order valence-electron chi connectivity index (χ2n) is 5.16. The first-order valence-corrected chi connectivity index (χ1v) is 8.42. The maximum Gasteiger partial charge on any atom is 0.301 e. The molecule has 0 spiro atoms. The van der Waals surface area contributed by atoms with Crippen molar-refractivity contribution in [3.8, 4) is 0 Å². The van der Waals surface area contributed by atoms with Crippen LogP contribution in [-0.2, 0) is 17.3 Å². The lowest BCUT2D eigenvalue weighted by Gasteiger charge is -2.31. The maximum atomic E-state index is 12.2. The summed E-state index contributed by atoms with van der Waals surface area (Å²) in [5.41, 5.74) is 0.502. The third-order valence-corrected chi connectivity index (χ3v) is 5.09. The molecule has 1 aliphatic heterocycles. The van der Waals surface area contributed by atoms with E-state index in [0.29, 0.717) is 24.7 Å². The highest BCUT2D eigenvalue weighted by Gasteiger charge is 2.27. The van der Waals surface area contributed by atoms with Crippen molar-refractivity contribution in [2.45, 2.75) is 19.8 Å². The molecule has 0 bridgehead atoms. The number of rotatable bonds is 6. The van der Waals surface area contributed by atoms with Crippen molar-refractivity contribution in [1.82, 2.24) is 19.4 Å². The molecular formula is C12H23N5O2S. The summed E-state index contributed by atoms with van der Waals surface area (Å²) >= 11 is 0. The Morgan fingerprint density at radius 2 is 2.10 bits per heavy atom. The summed E-state index contributed by atoms with van der Waals surface area (Å²) in [6.07, 6.45) is 4.97. The van der Waals surface area contributed by atoms with Crippen molar-refractivity contribution in [2.24, 2.45) is 13.0 Å². The van der Waals surface area contributed by atoms with Gasteiger partial charge in [0, 0.05) is 26.3 Å². The Hall–Kier alpha value is -1.12. The number of anilines is 1. The minimum Gasteiger partial charge on any atom is -0.317 e. The first-order valence-electron chi connectivity index (χ1n) is 6.98. The van der Waals surface area contributed by atoms with E-state index in [2.05, 4.69) is 22.1 Å². The second kappa shape index (κ2) is 6.55. The SMILES string of the molecule is CCNCC1CCN(S(=O)(=O)Nc2cnn(C)c2)CC1. The molecule has 8 heteroatoms. The van der Waals surface area contributed by atoms with E-state index >= 15 is 0 Å². The Morgan fingerprint density at radius 1 is 1.40 bits per heavy atom. The van der Waals surface area contributed by atoms with Gasteiger partial charge in [0.15, 0.2) is 0 Å². The van der Waals surface area contributed by atoms with E-state index in [4.69, 9.17) is 0 Å². The van der Waals surface area contributed by atoms with Crippen molar-refractivity contribution in [1.29, 1.82) is 0 Å². The van der Waals surface area contributed by atoms with E-state index in [1.165, 1.54) is 10.5 Å². The summed E-state index contributed by atoms with van der Waals surface area (Å²) in [5.74, 6) is 0.569. The summed E-state index contributed by atoms with van der Waals surface area (Å²) in [4.78, 5) is 0. The zero-order valence-corrected chi connectivity index (χ0v) is 12.9. The highest BCUT2D eigenvalue weighted by Crippen LogP contribution is 2.20. The first kappa shape index (κ1) is 15.3. The smallest absolute Gasteiger partial charge is 0.301 e. The number of nitrogens with zero attached hydrogens (tertiary/aromatic N) is 3. The Labute approximate surface area is 120 Å². The molecule has 20 heavy (non-hydrogen) atoms. The van der Waals surface area contributed by atoms with E-state index in [9.17, 15) is 8.42 Å². The zero-order valence-electron chi connectivity index (χ0n) is 12.0. The lowest BCUT2D eigenvalue weighted by atomic mass is 9.98. The molecule has 0 amide bonds. The minimum absolute atomic E-state index is 0.502. The van der Waals surface area contributed by atoms with Gasteiger partial charge in [-0.15, -0.1) is 0 Å². The van der Waals surface area contributed by atoms with Gasteiger partial charge in [-0.05, 0) is 31.8 Å². The van der Waals surface area contributed by atoms with Crippen LogP contribution in [0.3, 0.4) is 0 Å². The fraction of sp³-hybridized carbons (Fsp3) is 0.750. The van der Waals surface area contributed by atoms with Crippen LogP contribution in [-0.4, -0.2) is 48.7 Å². The van der Waals surface area contributed by atoms with Crippen LogP contribution in [0, 0.1) is 5.92 Å². The highest BCUT2D eigenvalue weighted by molar-refractivity contribution is 7.90. The van der Waals surface area contributed by atoms with Crippen LogP contribution >= 0.6 is 0 Å². The maximum absolute atomic E-state index is 12.2. The van der Waals surface area contributed by atoms with E-state index in [1.807, 2.05) is 0 Å². The Kier molecular flexibility index (Phi) is 5.00. The van der Waals surface area contributed by atoms with Crippen LogP contribution < -0.4 is 10.0 Å². The first-order chi connectivity index (χ1) is 9.51. The molecular weight excluding hydrogens is 278 g/mol. The topological polar surface area (TPSA) is 79.3 Å². The number of nitrogens with one attached hydrogen (secondary N) is 2. The molecule has 0 saturated carbocycles. The average molecular weight is 301 g/mol. The highest BCUT2D eigenvalue weighted by atomic mass is 32.2. The molecule has 1 aliphatic rings. The fourth-order valence-corrected chi connectivity index (χ4v) is 3.61. The van der Waals surface area contributed by atoms with Gasteiger partial charge in [0.05, 0.1) is 11.9 Å². The molecule has 2 N–H and O–H groups in total. The number of hydrogen-bond donors (Lipinski definition) is 2. The van der Waals surface area contributed by atoms with Crippen LogP contribution in [0.25, 0.3) is 0 Å². The Bertz CT molecular complexity index is 520. The monoisotopic (exact) mass is 301 g/mol. The van der Waals surface area contributed by atoms with Crippen molar-refractivity contribution in [3.63, 3.8) is 0 Å². The molecule has 2 heterocycles. The Balaban J connectivity index is 1.88. The van der Waals surface area contributed by atoms with Crippen molar-refractivity contribution in [3.05, 3.63) is 12.4 Å². The van der Waals surface area contributed by atoms with E-state index in [0.717, 1.165) is 25.9 Å². The molecule has 0 aromatic carbocycles. The molecule has 1 fully saturated rings. The standard InChI is InChI=1S/C12H23N5O2S/c1-3-13-8-11-4-6-17(7-5-11)20(18,19)15-12-9-14-16(2)10-12/h9-11,13,15H,3-8H2,1-2H3. The van der Waals surface area contributed by atoms with Crippen LogP contribution in [0.4, 0.5) is 5.69 Å². The Morgan fingerprint density at radius 3 is 2.65 bits per heavy atom. The minimum atomic E-state index is -3.46. The number of aryl methyl sites for hydroxylation is 1. The predicted octanol–water partition coefficient (Wildman–Crippen LogP) is 0.398. The number of aromatic nitrogens is 2. The molecule has 7 nitrogen and oxygen atoms in total. The normalized spacial score (nSPS) is 18.3. The van der Waals surface area contributed by atoms with Gasteiger partial charge in [-0.2, -0.15) is 17.8 Å². The summed E-state index contributed by atoms with van der Waals surface area (Å²) in [5, 5.41) is 7.27. The van der Waals surface area contributed by atoms with Gasteiger partial charge in [0.25, 0.3) is 0 Å². The van der Waals surface area contributed by atoms with Crippen LogP contribution in [0.5, 0.6) is 0 Å². The quantitative estimate of drug-likeness (QED) is 0.797. The van der Waals surface area contributed by atoms with Crippen LogP contribution in [0.2, 0.25) is 0 Å². The summed E-state index contributed by atoms with van der Waals surface area (Å²) in [6, 6.07) is 0. The average Bonchev–Trinajstić information content (AvgIpc) is 2.81. The van der Waals surface area contributed by atoms with Gasteiger partial charge in [-0.25, -0.2) is 0 Å². The number of hydrogen-bond acceptors (Lipinski definition) is 4. The molecule has 0 radical (unpaired) electrons. The van der Waals surface area contributed by atoms with E-state index < -0.39 is 10.2 Å². The third-order valence-electron chi connectivity index (χ3n) is 3.55. The van der Waals surface area contributed by atoms with Gasteiger partial charge in [0.2, 0.25) is 0 Å². The molecule has 114 valence electrons. The van der Waals surface area contributed by atoms with Crippen molar-refractivity contribution >= 4 is 15.9 Å². The predicted molar refractivity (Wildman–Crippen MR) is 78.6 cm³/mol. The lowest BCUT2D eigenvalue weighted by molar-refractivity contribution is 0.269. The number of piperidine rings is 1. The molecule has 2 rings (SSSR count). The molecule has 0 unspecified atom stereocenters. The van der Waals surface area contributed by atoms with Gasteiger partial charge in [-0.1, -0.05) is 6.92 Å². The van der Waals surface area contributed by atoms with E-state index in [-0.39, 0.29) is 0 Å². The third kappa shape index (κ3) is 3.94. The fourth-order valence-electron chi connectivity index (χ4n) is 2.39. The van der Waals surface area contributed by atoms with Crippen molar-refractivity contribution < 1.29 is 8.42 Å². The van der Waals surface area contributed by atoms with Gasteiger partial charge in [0.1, 0.15) is 0 Å². The van der Waals surface area contributed by atoms with Gasteiger partial charge >= 0.3 is 10.2 Å². The van der Waals surface area contributed by atoms with E-state index in [1.54, 1.807) is 17.9 Å². The van der Waals surface area contributed by atoms with Gasteiger partial charge in [-0.3, -0.25) is 9.40 Å². The van der Waals surface area contributed by atoms with Crippen LogP contribution in [0.1, 0.15) is 19.8 Å². The molecule has 1 aromatic heterocycles. The van der Waals surface area contributed by atoms with Crippen molar-refractivity contribution in [2.75, 3.05) is 30.9 Å². The molecule has 0 atom stereocenters. The largest absolute Gasteiger partial charge is 0.317 e. The molecule has 1 saturated heterocycles. The second-order valence-corrected chi connectivity index (χ2v) is 6.83.